The first-order chi connectivity index (χ1) is 12.0. The molecule has 2 aromatic rings. The summed E-state index contributed by atoms with van der Waals surface area (Å²) < 4.78 is 15.5. The second-order valence-electron chi connectivity index (χ2n) is 5.53. The fourth-order valence-electron chi connectivity index (χ4n) is 2.40. The normalized spacial score (nSPS) is 13.2. The van der Waals surface area contributed by atoms with Crippen molar-refractivity contribution in [3.8, 4) is 17.2 Å². The number of fused-ring (bicyclic) bond motifs is 1. The molecule has 0 saturated heterocycles. The van der Waals surface area contributed by atoms with Gasteiger partial charge >= 0.3 is 5.97 Å². The molecule has 0 saturated carbocycles. The Hall–Kier alpha value is -3.22. The number of phenolic OH excluding ortho intramolecular Hbond substituents is 1. The molecule has 0 unspecified atom stereocenters. The van der Waals surface area contributed by atoms with Gasteiger partial charge in [-0.05, 0) is 42.8 Å². The number of aromatic hydroxyl groups is 1. The summed E-state index contributed by atoms with van der Waals surface area (Å²) in [5, 5.41) is 12.1. The van der Waals surface area contributed by atoms with Crippen molar-refractivity contribution in [3.05, 3.63) is 53.6 Å². The monoisotopic (exact) mass is 343 g/mol. The quantitative estimate of drug-likeness (QED) is 0.808. The molecule has 0 aliphatic carbocycles. The van der Waals surface area contributed by atoms with E-state index in [9.17, 15) is 14.7 Å². The number of benzene rings is 2. The van der Waals surface area contributed by atoms with E-state index in [1.165, 1.54) is 24.3 Å². The number of esters is 1. The summed E-state index contributed by atoms with van der Waals surface area (Å²) in [6.45, 7) is 1.58. The molecule has 0 spiro atoms. The molecule has 1 amide bonds. The highest BCUT2D eigenvalue weighted by atomic mass is 16.7. The van der Waals surface area contributed by atoms with Crippen molar-refractivity contribution in [1.82, 2.24) is 5.32 Å². The van der Waals surface area contributed by atoms with Crippen LogP contribution in [-0.2, 0) is 9.53 Å². The number of phenols is 1. The first-order valence-electron chi connectivity index (χ1n) is 7.68. The fourth-order valence-corrected chi connectivity index (χ4v) is 2.40. The molecule has 1 heterocycles. The van der Waals surface area contributed by atoms with Crippen LogP contribution in [0.2, 0.25) is 0 Å². The summed E-state index contributed by atoms with van der Waals surface area (Å²) in [6.07, 6.45) is 0. The molecule has 2 N–H and O–H groups in total. The lowest BCUT2D eigenvalue weighted by molar-refractivity contribution is -0.124. The Kier molecular flexibility index (Phi) is 4.74. The van der Waals surface area contributed by atoms with Crippen LogP contribution in [0.1, 0.15) is 28.9 Å². The third-order valence-corrected chi connectivity index (χ3v) is 3.69. The van der Waals surface area contributed by atoms with Gasteiger partial charge in [-0.3, -0.25) is 4.79 Å². The first-order valence-corrected chi connectivity index (χ1v) is 7.68. The minimum atomic E-state index is -0.679. The minimum absolute atomic E-state index is 0.0460. The van der Waals surface area contributed by atoms with Crippen molar-refractivity contribution < 1.29 is 28.9 Å². The van der Waals surface area contributed by atoms with Crippen LogP contribution in [0.4, 0.5) is 0 Å². The predicted molar refractivity (Wildman–Crippen MR) is 87.5 cm³/mol. The van der Waals surface area contributed by atoms with Crippen molar-refractivity contribution in [3.63, 3.8) is 0 Å². The molecular weight excluding hydrogens is 326 g/mol. The van der Waals surface area contributed by atoms with E-state index in [-0.39, 0.29) is 24.1 Å². The summed E-state index contributed by atoms with van der Waals surface area (Å²) in [6, 6.07) is 10.8. The zero-order valence-electron chi connectivity index (χ0n) is 13.5. The van der Waals surface area contributed by atoms with Gasteiger partial charge in [-0.1, -0.05) is 12.1 Å². The molecule has 1 atom stereocenters. The molecule has 25 heavy (non-hydrogen) atoms. The number of ether oxygens (including phenoxy) is 3. The van der Waals surface area contributed by atoms with Gasteiger partial charge in [-0.15, -0.1) is 0 Å². The van der Waals surface area contributed by atoms with Gasteiger partial charge in [0, 0.05) is 0 Å². The van der Waals surface area contributed by atoms with Gasteiger partial charge in [0.15, 0.2) is 18.1 Å². The molecule has 130 valence electrons. The Morgan fingerprint density at radius 1 is 1.20 bits per heavy atom. The molecule has 1 aliphatic heterocycles. The predicted octanol–water partition coefficient (Wildman–Crippen LogP) is 2.16. The van der Waals surface area contributed by atoms with E-state index in [1.807, 2.05) is 13.0 Å². The summed E-state index contributed by atoms with van der Waals surface area (Å²) in [5.74, 6) is 0.145. The number of hydrogen-bond donors (Lipinski definition) is 2. The average molecular weight is 343 g/mol. The van der Waals surface area contributed by atoms with Crippen LogP contribution in [0.3, 0.4) is 0 Å². The van der Waals surface area contributed by atoms with E-state index in [0.717, 1.165) is 5.56 Å². The van der Waals surface area contributed by atoms with Gasteiger partial charge in [-0.2, -0.15) is 0 Å². The largest absolute Gasteiger partial charge is 0.508 e. The molecule has 0 aromatic heterocycles. The summed E-state index contributed by atoms with van der Waals surface area (Å²) >= 11 is 0. The van der Waals surface area contributed by atoms with E-state index in [2.05, 4.69) is 5.32 Å². The SMILES string of the molecule is C[C@@H](NC(=O)COC(=O)c1cccc(O)c1)c1ccc2c(c1)OCO2. The van der Waals surface area contributed by atoms with Crippen LogP contribution in [0.25, 0.3) is 0 Å². The number of rotatable bonds is 5. The van der Waals surface area contributed by atoms with E-state index >= 15 is 0 Å². The van der Waals surface area contributed by atoms with Crippen LogP contribution >= 0.6 is 0 Å². The van der Waals surface area contributed by atoms with E-state index in [4.69, 9.17) is 14.2 Å². The second kappa shape index (κ2) is 7.12. The summed E-state index contributed by atoms with van der Waals surface area (Å²) in [4.78, 5) is 23.8. The topological polar surface area (TPSA) is 94.1 Å². The highest BCUT2D eigenvalue weighted by molar-refractivity contribution is 5.91. The number of nitrogens with one attached hydrogen (secondary N) is 1. The van der Waals surface area contributed by atoms with Crippen molar-refractivity contribution in [2.45, 2.75) is 13.0 Å². The molecular formula is C18H17NO6. The van der Waals surface area contributed by atoms with E-state index < -0.39 is 18.5 Å². The Morgan fingerprint density at radius 3 is 2.80 bits per heavy atom. The second-order valence-corrected chi connectivity index (χ2v) is 5.53. The third kappa shape index (κ3) is 4.00. The van der Waals surface area contributed by atoms with Crippen LogP contribution < -0.4 is 14.8 Å². The van der Waals surface area contributed by atoms with Crippen LogP contribution in [0.15, 0.2) is 42.5 Å². The lowest BCUT2D eigenvalue weighted by atomic mass is 10.1. The Morgan fingerprint density at radius 2 is 2.00 bits per heavy atom. The smallest absolute Gasteiger partial charge is 0.338 e. The van der Waals surface area contributed by atoms with Crippen LogP contribution in [-0.4, -0.2) is 30.4 Å². The fraction of sp³-hybridized carbons (Fsp3) is 0.222. The molecule has 3 rings (SSSR count). The van der Waals surface area contributed by atoms with Gasteiger partial charge in [-0.25, -0.2) is 4.79 Å². The number of hydrogen-bond acceptors (Lipinski definition) is 6. The van der Waals surface area contributed by atoms with Gasteiger partial charge < -0.3 is 24.6 Å². The summed E-state index contributed by atoms with van der Waals surface area (Å²) in [5.41, 5.74) is 1.02. The highest BCUT2D eigenvalue weighted by Gasteiger charge is 2.17. The van der Waals surface area contributed by atoms with Crippen LogP contribution in [0, 0.1) is 0 Å². The summed E-state index contributed by atoms with van der Waals surface area (Å²) in [7, 11) is 0. The molecule has 0 radical (unpaired) electrons. The first kappa shape index (κ1) is 16.6. The average Bonchev–Trinajstić information content (AvgIpc) is 3.07. The van der Waals surface area contributed by atoms with Crippen LogP contribution in [0.5, 0.6) is 17.2 Å². The van der Waals surface area contributed by atoms with Gasteiger partial charge in [0.25, 0.3) is 5.91 Å². The Bertz CT molecular complexity index is 804. The van der Waals surface area contributed by atoms with Crippen molar-refractivity contribution >= 4 is 11.9 Å². The third-order valence-electron chi connectivity index (χ3n) is 3.69. The number of carbonyl (C=O) groups is 2. The highest BCUT2D eigenvalue weighted by Crippen LogP contribution is 2.34. The maximum Gasteiger partial charge on any atom is 0.338 e. The molecule has 0 bridgehead atoms. The lowest BCUT2D eigenvalue weighted by Gasteiger charge is -2.15. The lowest BCUT2D eigenvalue weighted by Crippen LogP contribution is -2.31. The minimum Gasteiger partial charge on any atom is -0.508 e. The van der Waals surface area contributed by atoms with Crippen molar-refractivity contribution in [1.29, 1.82) is 0 Å². The zero-order valence-corrected chi connectivity index (χ0v) is 13.5. The van der Waals surface area contributed by atoms with Gasteiger partial charge in [0.2, 0.25) is 6.79 Å². The van der Waals surface area contributed by atoms with Crippen molar-refractivity contribution in [2.24, 2.45) is 0 Å². The van der Waals surface area contributed by atoms with Gasteiger partial charge in [0.1, 0.15) is 5.75 Å². The Balaban J connectivity index is 1.53. The molecule has 7 heteroatoms. The molecule has 7 nitrogen and oxygen atoms in total. The molecule has 2 aromatic carbocycles. The van der Waals surface area contributed by atoms with E-state index in [0.29, 0.717) is 11.5 Å². The Labute approximate surface area is 144 Å². The molecule has 0 fully saturated rings. The maximum absolute atomic E-state index is 12.0. The number of carbonyl (C=O) groups excluding carboxylic acids is 2. The van der Waals surface area contributed by atoms with Gasteiger partial charge in [0.05, 0.1) is 11.6 Å². The number of amides is 1. The molecule has 1 aliphatic rings. The van der Waals surface area contributed by atoms with E-state index in [1.54, 1.807) is 12.1 Å². The van der Waals surface area contributed by atoms with Crippen molar-refractivity contribution in [2.75, 3.05) is 13.4 Å². The standard InChI is InChI=1S/C18H17NO6/c1-11(12-5-6-15-16(8-12)25-10-24-15)19-17(21)9-23-18(22)13-3-2-4-14(20)7-13/h2-8,11,20H,9-10H2,1H3,(H,19,21)/t11-/m1/s1. The zero-order chi connectivity index (χ0) is 17.8. The maximum atomic E-state index is 12.0.